The van der Waals surface area contributed by atoms with Crippen molar-refractivity contribution in [1.82, 2.24) is 0 Å². The van der Waals surface area contributed by atoms with Gasteiger partial charge in [-0.15, -0.1) is 0 Å². The van der Waals surface area contributed by atoms with E-state index in [1.165, 1.54) is 19.3 Å². The molecule has 122 valence electrons. The van der Waals surface area contributed by atoms with Gasteiger partial charge in [0.25, 0.3) is 10.1 Å². The van der Waals surface area contributed by atoms with E-state index < -0.39 is 15.4 Å². The largest absolute Gasteiger partial charge is 0.330 e. The van der Waals surface area contributed by atoms with Crippen molar-refractivity contribution >= 4 is 10.1 Å². The van der Waals surface area contributed by atoms with Crippen LogP contribution >= 0.6 is 0 Å². The average molecular weight is 315 g/mol. The van der Waals surface area contributed by atoms with Gasteiger partial charge < -0.3 is 5.73 Å². The van der Waals surface area contributed by atoms with Gasteiger partial charge >= 0.3 is 0 Å². The topological polar surface area (TPSA) is 80.4 Å². The molecule has 4 fully saturated rings. The van der Waals surface area contributed by atoms with Crippen molar-refractivity contribution in [1.29, 1.82) is 0 Å². The van der Waals surface area contributed by atoms with Crippen molar-refractivity contribution in [2.75, 3.05) is 6.54 Å². The van der Waals surface area contributed by atoms with Gasteiger partial charge in [0.1, 0.15) is 0 Å². The third kappa shape index (κ3) is 2.45. The van der Waals surface area contributed by atoms with Crippen LogP contribution in [0.1, 0.15) is 59.3 Å². The summed E-state index contributed by atoms with van der Waals surface area (Å²) in [6.45, 7) is 6.72. The first-order valence-electron chi connectivity index (χ1n) is 8.17. The Hall–Kier alpha value is -0.130. The zero-order valence-corrected chi connectivity index (χ0v) is 14.2. The fraction of sp³-hybridized carbons (Fsp3) is 1.00. The Morgan fingerprint density at radius 1 is 1.14 bits per heavy atom. The summed E-state index contributed by atoms with van der Waals surface area (Å²) in [5, 5.41) is -0.758. The highest BCUT2D eigenvalue weighted by atomic mass is 32.2. The highest BCUT2D eigenvalue weighted by Gasteiger charge is 2.63. The Morgan fingerprint density at radius 3 is 2.05 bits per heavy atom. The molecule has 0 radical (unpaired) electrons. The lowest BCUT2D eigenvalue weighted by atomic mass is 9.38. The standard InChI is InChI=1S/C16H29NO3S/c1-11(21(18,19)20)13(7-17)16-6-12-4-14(2,9-16)8-15(3,5-12)10-16/h11-13H,4-10,17H2,1-3H3,(H,18,19,20). The van der Waals surface area contributed by atoms with Crippen LogP contribution in [0.5, 0.6) is 0 Å². The van der Waals surface area contributed by atoms with Crippen LogP contribution in [-0.4, -0.2) is 24.8 Å². The van der Waals surface area contributed by atoms with Crippen molar-refractivity contribution in [3.05, 3.63) is 0 Å². The smallest absolute Gasteiger partial charge is 0.267 e. The van der Waals surface area contributed by atoms with Gasteiger partial charge in [-0.2, -0.15) is 8.42 Å². The van der Waals surface area contributed by atoms with Gasteiger partial charge in [0, 0.05) is 0 Å². The molecule has 0 aromatic carbocycles. The van der Waals surface area contributed by atoms with Crippen molar-refractivity contribution < 1.29 is 13.0 Å². The molecule has 3 N–H and O–H groups in total. The molecule has 5 heteroatoms. The second-order valence-corrected chi connectivity index (χ2v) is 10.8. The van der Waals surface area contributed by atoms with E-state index in [4.69, 9.17) is 5.73 Å². The number of hydrogen-bond acceptors (Lipinski definition) is 3. The maximum absolute atomic E-state index is 11.7. The Kier molecular flexibility index (Phi) is 3.34. The van der Waals surface area contributed by atoms with Crippen LogP contribution in [-0.2, 0) is 10.1 Å². The normalized spacial score (nSPS) is 48.3. The van der Waals surface area contributed by atoms with Gasteiger partial charge in [0.15, 0.2) is 0 Å². The maximum atomic E-state index is 11.7. The van der Waals surface area contributed by atoms with Crippen LogP contribution in [0, 0.1) is 28.1 Å². The first-order valence-corrected chi connectivity index (χ1v) is 9.68. The molecule has 0 spiro atoms. The molecule has 0 saturated heterocycles. The average Bonchev–Trinajstić information content (AvgIpc) is 2.22. The molecule has 0 aromatic heterocycles. The van der Waals surface area contributed by atoms with Crippen LogP contribution in [0.4, 0.5) is 0 Å². The van der Waals surface area contributed by atoms with E-state index in [-0.39, 0.29) is 11.3 Å². The minimum absolute atomic E-state index is 0.00683. The summed E-state index contributed by atoms with van der Waals surface area (Å²) in [5.41, 5.74) is 6.68. The Labute approximate surface area is 128 Å². The van der Waals surface area contributed by atoms with E-state index in [0.29, 0.717) is 23.3 Å². The molecular weight excluding hydrogens is 286 g/mol. The molecule has 4 nitrogen and oxygen atoms in total. The lowest BCUT2D eigenvalue weighted by Crippen LogP contribution is -2.60. The van der Waals surface area contributed by atoms with E-state index in [2.05, 4.69) is 13.8 Å². The zero-order valence-electron chi connectivity index (χ0n) is 13.4. The van der Waals surface area contributed by atoms with Crippen molar-refractivity contribution in [3.8, 4) is 0 Å². The van der Waals surface area contributed by atoms with Crippen molar-refractivity contribution in [2.45, 2.75) is 64.5 Å². The maximum Gasteiger partial charge on any atom is 0.267 e. The van der Waals surface area contributed by atoms with Gasteiger partial charge in [-0.25, -0.2) is 0 Å². The molecule has 4 rings (SSSR count). The number of rotatable bonds is 4. The highest BCUT2D eigenvalue weighted by Crippen LogP contribution is 2.71. The third-order valence-corrected chi connectivity index (χ3v) is 8.01. The molecule has 0 amide bonds. The molecule has 0 aromatic rings. The van der Waals surface area contributed by atoms with Crippen LogP contribution in [0.2, 0.25) is 0 Å². The summed E-state index contributed by atoms with van der Waals surface area (Å²) in [4.78, 5) is 0. The van der Waals surface area contributed by atoms with Crippen molar-refractivity contribution in [3.63, 3.8) is 0 Å². The summed E-state index contributed by atoms with van der Waals surface area (Å²) in [6, 6.07) is 0. The molecule has 21 heavy (non-hydrogen) atoms. The third-order valence-electron chi connectivity index (χ3n) is 6.75. The molecule has 4 atom stereocenters. The van der Waals surface area contributed by atoms with E-state index >= 15 is 0 Å². The van der Waals surface area contributed by atoms with Gasteiger partial charge in [0.2, 0.25) is 0 Å². The molecule has 4 saturated carbocycles. The second kappa shape index (κ2) is 4.45. The summed E-state index contributed by atoms with van der Waals surface area (Å²) in [7, 11) is -4.03. The fourth-order valence-corrected chi connectivity index (χ4v) is 7.91. The first-order chi connectivity index (χ1) is 9.51. The molecule has 4 aliphatic rings. The Balaban J connectivity index is 2.00. The number of hydrogen-bond donors (Lipinski definition) is 2. The zero-order chi connectivity index (χ0) is 15.7. The SMILES string of the molecule is CC(C(CN)C12CC3CC(C)(CC(C)(C3)C1)C2)S(=O)(=O)O. The van der Waals surface area contributed by atoms with Gasteiger partial charge in [-0.3, -0.25) is 4.55 Å². The summed E-state index contributed by atoms with van der Waals surface area (Å²) in [5.74, 6) is 0.577. The summed E-state index contributed by atoms with van der Waals surface area (Å²) in [6.07, 6.45) is 7.07. The minimum Gasteiger partial charge on any atom is -0.330 e. The molecule has 0 heterocycles. The van der Waals surface area contributed by atoms with E-state index in [1.807, 2.05) is 0 Å². The molecule has 4 aliphatic carbocycles. The van der Waals surface area contributed by atoms with Gasteiger partial charge in [-0.1, -0.05) is 13.8 Å². The van der Waals surface area contributed by atoms with E-state index in [0.717, 1.165) is 19.3 Å². The van der Waals surface area contributed by atoms with E-state index in [9.17, 15) is 13.0 Å². The van der Waals surface area contributed by atoms with Gasteiger partial charge in [-0.05, 0) is 80.1 Å². The fourth-order valence-electron chi connectivity index (χ4n) is 7.10. The predicted molar refractivity (Wildman–Crippen MR) is 83.4 cm³/mol. The quantitative estimate of drug-likeness (QED) is 0.782. The minimum atomic E-state index is -4.03. The Bertz CT molecular complexity index is 526. The first kappa shape index (κ1) is 15.8. The van der Waals surface area contributed by atoms with E-state index in [1.54, 1.807) is 6.92 Å². The monoisotopic (exact) mass is 315 g/mol. The lowest BCUT2D eigenvalue weighted by Gasteiger charge is -2.67. The molecule has 0 aliphatic heterocycles. The van der Waals surface area contributed by atoms with Crippen LogP contribution < -0.4 is 5.73 Å². The molecular formula is C16H29NO3S. The summed E-state index contributed by atoms with van der Waals surface area (Å²) < 4.78 is 32.9. The molecule has 4 bridgehead atoms. The second-order valence-electron chi connectivity index (χ2n) is 9.05. The summed E-state index contributed by atoms with van der Waals surface area (Å²) >= 11 is 0. The van der Waals surface area contributed by atoms with Crippen molar-refractivity contribution in [2.24, 2.45) is 33.8 Å². The van der Waals surface area contributed by atoms with Gasteiger partial charge in [0.05, 0.1) is 5.25 Å². The predicted octanol–water partition coefficient (Wildman–Crippen LogP) is 2.83. The molecule has 4 unspecified atom stereocenters. The Morgan fingerprint density at radius 2 is 1.67 bits per heavy atom. The van der Waals surface area contributed by atoms with Crippen LogP contribution in [0.3, 0.4) is 0 Å². The van der Waals surface area contributed by atoms with Crippen LogP contribution in [0.15, 0.2) is 0 Å². The lowest BCUT2D eigenvalue weighted by molar-refractivity contribution is -0.166. The highest BCUT2D eigenvalue weighted by molar-refractivity contribution is 7.86. The number of nitrogens with two attached hydrogens (primary N) is 1. The van der Waals surface area contributed by atoms with Crippen LogP contribution in [0.25, 0.3) is 0 Å².